The maximum Gasteiger partial charge on any atom is 0.303 e. The molecule has 3 heterocycles. The molecule has 0 radical (unpaired) electrons. The summed E-state index contributed by atoms with van der Waals surface area (Å²) < 4.78 is 21.6. The number of methoxy groups -OCH3 is 1. The summed E-state index contributed by atoms with van der Waals surface area (Å²) in [6, 6.07) is 11.3. The maximum atomic E-state index is 15.5. The summed E-state index contributed by atoms with van der Waals surface area (Å²) in [5, 5.41) is 10.3. The van der Waals surface area contributed by atoms with Crippen LogP contribution in [0.2, 0.25) is 4.34 Å². The molecule has 1 aromatic carbocycles. The molecular weight excluding hydrogens is 499 g/mol. The Labute approximate surface area is 221 Å². The van der Waals surface area contributed by atoms with Crippen molar-refractivity contribution in [2.75, 3.05) is 26.7 Å². The van der Waals surface area contributed by atoms with E-state index in [2.05, 4.69) is 16.0 Å². The minimum Gasteiger partial charge on any atom is -0.497 e. The highest BCUT2D eigenvalue weighted by Gasteiger charge is 2.31. The molecule has 1 fully saturated rings. The first kappa shape index (κ1) is 26.8. The van der Waals surface area contributed by atoms with E-state index < -0.39 is 12.1 Å². The SMILES string of the molecule is COc1ccc2nccc(C(F)CC[C@@H]3CCN(CCCCc4ccc(Cl)s4)C[C@@H]3CC(=O)O)c2c1. The average molecular weight is 533 g/mol. The molecular formula is C28H34ClFN2O3S. The summed E-state index contributed by atoms with van der Waals surface area (Å²) in [4.78, 5) is 19.6. The highest BCUT2D eigenvalue weighted by atomic mass is 35.5. The van der Waals surface area contributed by atoms with Crippen LogP contribution in [0.3, 0.4) is 0 Å². The number of pyridine rings is 1. The number of carboxylic acids is 1. The van der Waals surface area contributed by atoms with Crippen LogP contribution in [0.5, 0.6) is 5.75 Å². The molecule has 1 aliphatic rings. The molecule has 0 bridgehead atoms. The van der Waals surface area contributed by atoms with Crippen LogP contribution in [0.1, 0.15) is 55.1 Å². The van der Waals surface area contributed by atoms with Gasteiger partial charge in [-0.1, -0.05) is 11.6 Å². The van der Waals surface area contributed by atoms with Gasteiger partial charge in [0.1, 0.15) is 11.9 Å². The van der Waals surface area contributed by atoms with Gasteiger partial charge < -0.3 is 14.7 Å². The number of unbranched alkanes of at least 4 members (excludes halogenated alkanes) is 1. The van der Waals surface area contributed by atoms with Gasteiger partial charge in [0.05, 0.1) is 17.0 Å². The lowest BCUT2D eigenvalue weighted by molar-refractivity contribution is -0.139. The van der Waals surface area contributed by atoms with E-state index in [0.717, 1.165) is 60.6 Å². The van der Waals surface area contributed by atoms with Gasteiger partial charge in [0.15, 0.2) is 0 Å². The molecule has 1 aliphatic heterocycles. The van der Waals surface area contributed by atoms with Crippen molar-refractivity contribution < 1.29 is 19.0 Å². The first-order valence-corrected chi connectivity index (χ1v) is 13.9. The van der Waals surface area contributed by atoms with Crippen LogP contribution in [0.25, 0.3) is 10.9 Å². The smallest absolute Gasteiger partial charge is 0.303 e. The van der Waals surface area contributed by atoms with Gasteiger partial charge in [-0.25, -0.2) is 4.39 Å². The van der Waals surface area contributed by atoms with Crippen molar-refractivity contribution in [1.29, 1.82) is 0 Å². The number of aryl methyl sites for hydroxylation is 1. The van der Waals surface area contributed by atoms with Crippen molar-refractivity contribution in [1.82, 2.24) is 9.88 Å². The minimum atomic E-state index is -1.13. The zero-order chi connectivity index (χ0) is 25.5. The number of rotatable bonds is 12. The third kappa shape index (κ3) is 7.17. The molecule has 3 aromatic rings. The Bertz CT molecular complexity index is 1160. The van der Waals surface area contributed by atoms with E-state index in [9.17, 15) is 9.90 Å². The molecule has 1 saturated heterocycles. The number of benzene rings is 1. The monoisotopic (exact) mass is 532 g/mol. The number of piperidine rings is 1. The Morgan fingerprint density at radius 2 is 2.14 bits per heavy atom. The van der Waals surface area contributed by atoms with Gasteiger partial charge in [-0.05, 0) is 105 Å². The van der Waals surface area contributed by atoms with Crippen molar-refractivity contribution in [2.24, 2.45) is 11.8 Å². The largest absolute Gasteiger partial charge is 0.497 e. The number of carbonyl (C=O) groups is 1. The van der Waals surface area contributed by atoms with Crippen LogP contribution in [0.15, 0.2) is 42.6 Å². The number of aliphatic carboxylic acids is 1. The van der Waals surface area contributed by atoms with Crippen molar-refractivity contribution in [3.05, 3.63) is 57.4 Å². The quantitative estimate of drug-likeness (QED) is 0.250. The second kappa shape index (κ2) is 12.8. The second-order valence-corrected chi connectivity index (χ2v) is 11.5. The molecule has 0 aliphatic carbocycles. The fraction of sp³-hybridized carbons (Fsp3) is 0.500. The third-order valence-electron chi connectivity index (χ3n) is 7.30. The molecule has 5 nitrogen and oxygen atoms in total. The Balaban J connectivity index is 1.31. The fourth-order valence-electron chi connectivity index (χ4n) is 5.38. The number of thiophene rings is 1. The van der Waals surface area contributed by atoms with E-state index in [1.54, 1.807) is 30.7 Å². The van der Waals surface area contributed by atoms with E-state index in [0.29, 0.717) is 24.2 Å². The van der Waals surface area contributed by atoms with E-state index in [-0.39, 0.29) is 18.3 Å². The first-order valence-electron chi connectivity index (χ1n) is 12.7. The summed E-state index contributed by atoms with van der Waals surface area (Å²) in [7, 11) is 1.60. The van der Waals surface area contributed by atoms with Crippen LogP contribution in [0, 0.1) is 11.8 Å². The first-order chi connectivity index (χ1) is 17.4. The van der Waals surface area contributed by atoms with Gasteiger partial charge in [-0.15, -0.1) is 11.3 Å². The zero-order valence-corrected chi connectivity index (χ0v) is 22.2. The number of likely N-dealkylation sites (tertiary alicyclic amines) is 1. The Morgan fingerprint density at radius 1 is 1.28 bits per heavy atom. The van der Waals surface area contributed by atoms with Gasteiger partial charge >= 0.3 is 5.97 Å². The van der Waals surface area contributed by atoms with E-state index in [1.165, 1.54) is 4.88 Å². The lowest BCUT2D eigenvalue weighted by atomic mass is 9.79. The maximum absolute atomic E-state index is 15.5. The number of alkyl halides is 1. The molecule has 3 atom stereocenters. The van der Waals surface area contributed by atoms with Gasteiger partial charge in [-0.2, -0.15) is 0 Å². The van der Waals surface area contributed by atoms with Crippen molar-refractivity contribution >= 4 is 39.8 Å². The van der Waals surface area contributed by atoms with E-state index >= 15 is 4.39 Å². The molecule has 0 spiro atoms. The normalized spacial score (nSPS) is 19.4. The average Bonchev–Trinajstić information content (AvgIpc) is 3.29. The predicted molar refractivity (Wildman–Crippen MR) is 144 cm³/mol. The standard InChI is InChI=1S/C28H34ClFN2O3S/c1-35-21-6-9-26-24(17-21)23(11-13-31-26)25(30)8-5-19-12-15-32(18-20(19)16-28(33)34)14-3-2-4-22-7-10-27(29)36-22/h6-7,9-11,13,17,19-20,25H,2-5,8,12,14-16,18H2,1H3,(H,33,34)/t19-,20+,25?/m1/s1. The molecule has 2 aromatic heterocycles. The Morgan fingerprint density at radius 3 is 2.89 bits per heavy atom. The molecule has 0 amide bonds. The number of ether oxygens (including phenoxy) is 1. The van der Waals surface area contributed by atoms with Gasteiger partial charge in [-0.3, -0.25) is 9.78 Å². The highest BCUT2D eigenvalue weighted by molar-refractivity contribution is 7.16. The molecule has 194 valence electrons. The van der Waals surface area contributed by atoms with Crippen molar-refractivity contribution in [2.45, 2.75) is 51.1 Å². The summed E-state index contributed by atoms with van der Waals surface area (Å²) in [5.41, 5.74) is 1.37. The fourth-order valence-corrected chi connectivity index (χ4v) is 6.51. The van der Waals surface area contributed by atoms with Gasteiger partial charge in [0.2, 0.25) is 0 Å². The summed E-state index contributed by atoms with van der Waals surface area (Å²) in [6.45, 7) is 2.69. The minimum absolute atomic E-state index is 0.0498. The molecule has 4 rings (SSSR count). The van der Waals surface area contributed by atoms with Crippen molar-refractivity contribution in [3.63, 3.8) is 0 Å². The van der Waals surface area contributed by atoms with Crippen LogP contribution in [-0.2, 0) is 11.2 Å². The van der Waals surface area contributed by atoms with Crippen LogP contribution in [0.4, 0.5) is 4.39 Å². The summed E-state index contributed by atoms with van der Waals surface area (Å²) >= 11 is 7.65. The number of hydrogen-bond acceptors (Lipinski definition) is 5. The number of nitrogens with zero attached hydrogens (tertiary/aromatic N) is 2. The highest BCUT2D eigenvalue weighted by Crippen LogP contribution is 2.36. The summed E-state index contributed by atoms with van der Waals surface area (Å²) in [5.74, 6) is 0.169. The topological polar surface area (TPSA) is 62.7 Å². The molecule has 36 heavy (non-hydrogen) atoms. The number of fused-ring (bicyclic) bond motifs is 1. The lowest BCUT2D eigenvalue weighted by Gasteiger charge is -2.38. The van der Waals surface area contributed by atoms with Gasteiger partial charge in [0, 0.05) is 29.4 Å². The zero-order valence-electron chi connectivity index (χ0n) is 20.7. The van der Waals surface area contributed by atoms with Crippen LogP contribution < -0.4 is 4.74 Å². The second-order valence-electron chi connectivity index (χ2n) is 9.70. The number of halogens is 2. The van der Waals surface area contributed by atoms with Gasteiger partial charge in [0.25, 0.3) is 0 Å². The molecule has 1 unspecified atom stereocenters. The van der Waals surface area contributed by atoms with Crippen molar-refractivity contribution in [3.8, 4) is 5.75 Å². The van der Waals surface area contributed by atoms with Crippen LogP contribution in [-0.4, -0.2) is 47.7 Å². The number of carboxylic acid groups (broad SMARTS) is 1. The van der Waals surface area contributed by atoms with E-state index in [1.807, 2.05) is 24.3 Å². The predicted octanol–water partition coefficient (Wildman–Crippen LogP) is 7.18. The van der Waals surface area contributed by atoms with Crippen LogP contribution >= 0.6 is 22.9 Å². The lowest BCUT2D eigenvalue weighted by Crippen LogP contribution is -2.41. The molecule has 8 heteroatoms. The number of aromatic nitrogens is 1. The Hall–Kier alpha value is -2.22. The Kier molecular flexibility index (Phi) is 9.57. The molecule has 1 N–H and O–H groups in total. The van der Waals surface area contributed by atoms with E-state index in [4.69, 9.17) is 16.3 Å². The third-order valence-corrected chi connectivity index (χ3v) is 8.59. The molecule has 0 saturated carbocycles. The number of hydrogen-bond donors (Lipinski definition) is 1. The summed E-state index contributed by atoms with van der Waals surface area (Å²) in [6.07, 6.45) is 5.82.